The Bertz CT molecular complexity index is 1510. The molecule has 1 amide bonds. The van der Waals surface area contributed by atoms with Gasteiger partial charge in [-0.2, -0.15) is 5.10 Å². The van der Waals surface area contributed by atoms with Crippen LogP contribution in [0.2, 0.25) is 5.02 Å². The second kappa shape index (κ2) is 11.1. The average Bonchev–Trinajstić information content (AvgIpc) is 3.37. The average molecular weight is 508 g/mol. The topological polar surface area (TPSA) is 56.1 Å². The molecule has 6 heteroatoms. The number of para-hydroxylation sites is 1. The number of halogens is 1. The number of benzene rings is 4. The van der Waals surface area contributed by atoms with Crippen molar-refractivity contribution in [2.24, 2.45) is 0 Å². The van der Waals surface area contributed by atoms with Gasteiger partial charge in [0, 0.05) is 34.5 Å². The van der Waals surface area contributed by atoms with Gasteiger partial charge in [-0.3, -0.25) is 4.79 Å². The predicted molar refractivity (Wildman–Crippen MR) is 147 cm³/mol. The Morgan fingerprint density at radius 2 is 1.68 bits per heavy atom. The fraction of sp³-hybridized carbons (Fsp3) is 0.0968. The van der Waals surface area contributed by atoms with Gasteiger partial charge in [0.15, 0.2) is 0 Å². The molecule has 0 unspecified atom stereocenters. The molecule has 5 aromatic rings. The van der Waals surface area contributed by atoms with E-state index in [-0.39, 0.29) is 5.91 Å². The van der Waals surface area contributed by atoms with E-state index in [2.05, 4.69) is 5.32 Å². The zero-order chi connectivity index (χ0) is 25.6. The van der Waals surface area contributed by atoms with Crippen LogP contribution in [0.4, 0.5) is 0 Å². The summed E-state index contributed by atoms with van der Waals surface area (Å²) in [5, 5.41) is 8.55. The number of aromatic nitrogens is 2. The van der Waals surface area contributed by atoms with Crippen LogP contribution in [0.5, 0.6) is 5.75 Å². The summed E-state index contributed by atoms with van der Waals surface area (Å²) in [5.41, 5.74) is 6.17. The van der Waals surface area contributed by atoms with Crippen molar-refractivity contribution in [2.45, 2.75) is 20.1 Å². The van der Waals surface area contributed by atoms with Gasteiger partial charge >= 0.3 is 0 Å². The Morgan fingerprint density at radius 3 is 2.43 bits per heavy atom. The number of hydrogen-bond acceptors (Lipinski definition) is 3. The molecule has 1 aromatic heterocycles. The molecule has 184 valence electrons. The number of amides is 1. The van der Waals surface area contributed by atoms with Crippen molar-refractivity contribution >= 4 is 17.5 Å². The highest BCUT2D eigenvalue weighted by Crippen LogP contribution is 2.25. The molecular weight excluding hydrogens is 482 g/mol. The smallest absolute Gasteiger partial charge is 0.251 e. The highest BCUT2D eigenvalue weighted by molar-refractivity contribution is 6.30. The predicted octanol–water partition coefficient (Wildman–Crippen LogP) is 7.01. The second-order valence-corrected chi connectivity index (χ2v) is 9.17. The van der Waals surface area contributed by atoms with Crippen LogP contribution in [-0.2, 0) is 13.2 Å². The lowest BCUT2D eigenvalue weighted by Gasteiger charge is -2.11. The van der Waals surface area contributed by atoms with Gasteiger partial charge in [-0.25, -0.2) is 4.68 Å². The maximum atomic E-state index is 13.1. The lowest BCUT2D eigenvalue weighted by atomic mass is 10.1. The first-order valence-electron chi connectivity index (χ1n) is 12.0. The molecule has 1 N–H and O–H groups in total. The Hall–Kier alpha value is -4.35. The molecule has 0 aliphatic rings. The summed E-state index contributed by atoms with van der Waals surface area (Å²) in [7, 11) is 0. The van der Waals surface area contributed by atoms with E-state index in [4.69, 9.17) is 21.4 Å². The molecule has 5 rings (SSSR count). The van der Waals surface area contributed by atoms with Gasteiger partial charge < -0.3 is 10.1 Å². The summed E-state index contributed by atoms with van der Waals surface area (Å²) in [6.07, 6.45) is 1.97. The van der Waals surface area contributed by atoms with Gasteiger partial charge in [0.2, 0.25) is 0 Å². The Balaban J connectivity index is 1.31. The van der Waals surface area contributed by atoms with E-state index < -0.39 is 0 Å². The molecule has 0 aliphatic heterocycles. The Labute approximate surface area is 221 Å². The first-order chi connectivity index (χ1) is 18.1. The normalized spacial score (nSPS) is 10.8. The molecule has 0 saturated carbocycles. The Kier molecular flexibility index (Phi) is 7.33. The number of ether oxygens (including phenoxy) is 1. The molecule has 0 spiro atoms. The number of carbonyl (C=O) groups is 1. The van der Waals surface area contributed by atoms with Gasteiger partial charge in [-0.1, -0.05) is 72.3 Å². The van der Waals surface area contributed by atoms with Gasteiger partial charge in [0.25, 0.3) is 5.91 Å². The quantitative estimate of drug-likeness (QED) is 0.246. The van der Waals surface area contributed by atoms with Crippen LogP contribution in [-0.4, -0.2) is 15.7 Å². The van der Waals surface area contributed by atoms with Crippen molar-refractivity contribution in [3.63, 3.8) is 0 Å². The minimum Gasteiger partial charge on any atom is -0.489 e. The maximum absolute atomic E-state index is 13.1. The second-order valence-electron chi connectivity index (χ2n) is 8.73. The maximum Gasteiger partial charge on any atom is 0.251 e. The van der Waals surface area contributed by atoms with E-state index in [1.165, 1.54) is 0 Å². The highest BCUT2D eigenvalue weighted by Gasteiger charge is 2.14. The van der Waals surface area contributed by atoms with E-state index in [9.17, 15) is 4.79 Å². The number of aryl methyl sites for hydroxylation is 1. The molecule has 0 atom stereocenters. The third kappa shape index (κ3) is 5.90. The first kappa shape index (κ1) is 24.3. The van der Waals surface area contributed by atoms with Gasteiger partial charge in [-0.05, 0) is 60.5 Å². The van der Waals surface area contributed by atoms with Crippen LogP contribution < -0.4 is 10.1 Å². The van der Waals surface area contributed by atoms with E-state index in [0.29, 0.717) is 23.7 Å². The zero-order valence-corrected chi connectivity index (χ0v) is 21.2. The molecule has 0 fully saturated rings. The van der Waals surface area contributed by atoms with Crippen molar-refractivity contribution in [3.05, 3.63) is 137 Å². The van der Waals surface area contributed by atoms with Gasteiger partial charge in [-0.15, -0.1) is 0 Å². The van der Waals surface area contributed by atoms with E-state index in [0.717, 1.165) is 39.4 Å². The molecule has 1 heterocycles. The number of nitrogens with zero attached hydrogens (tertiary/aromatic N) is 2. The summed E-state index contributed by atoms with van der Waals surface area (Å²) < 4.78 is 7.80. The van der Waals surface area contributed by atoms with E-state index >= 15 is 0 Å². The zero-order valence-electron chi connectivity index (χ0n) is 20.4. The van der Waals surface area contributed by atoms with Gasteiger partial charge in [0.1, 0.15) is 12.4 Å². The lowest BCUT2D eigenvalue weighted by Crippen LogP contribution is -2.23. The summed E-state index contributed by atoms with van der Waals surface area (Å²) >= 11 is 6.04. The molecule has 37 heavy (non-hydrogen) atoms. The third-order valence-electron chi connectivity index (χ3n) is 6.02. The number of nitrogens with one attached hydrogen (secondary N) is 1. The van der Waals surface area contributed by atoms with Crippen LogP contribution in [0.15, 0.2) is 109 Å². The van der Waals surface area contributed by atoms with Crippen LogP contribution in [0.1, 0.15) is 27.0 Å². The fourth-order valence-corrected chi connectivity index (χ4v) is 4.33. The SMILES string of the molecule is Cc1cc(Cl)ccc1OCc1cccc(C(=O)NCc2cn(-c3ccccc3)nc2-c2ccccc2)c1. The van der Waals surface area contributed by atoms with Crippen LogP contribution in [0, 0.1) is 6.92 Å². The highest BCUT2D eigenvalue weighted by atomic mass is 35.5. The fourth-order valence-electron chi connectivity index (χ4n) is 4.11. The molecule has 5 nitrogen and oxygen atoms in total. The van der Waals surface area contributed by atoms with Crippen LogP contribution >= 0.6 is 11.6 Å². The molecule has 0 saturated heterocycles. The van der Waals surface area contributed by atoms with Crippen molar-refractivity contribution in [3.8, 4) is 22.7 Å². The van der Waals surface area contributed by atoms with E-state index in [1.807, 2.05) is 109 Å². The summed E-state index contributed by atoms with van der Waals surface area (Å²) in [6, 6.07) is 32.9. The van der Waals surface area contributed by atoms with Gasteiger partial charge in [0.05, 0.1) is 11.4 Å². The van der Waals surface area contributed by atoms with Crippen LogP contribution in [0.3, 0.4) is 0 Å². The van der Waals surface area contributed by atoms with Crippen molar-refractivity contribution in [1.82, 2.24) is 15.1 Å². The molecule has 0 aliphatic carbocycles. The molecule has 4 aromatic carbocycles. The first-order valence-corrected chi connectivity index (χ1v) is 12.4. The summed E-state index contributed by atoms with van der Waals surface area (Å²) in [6.45, 7) is 2.65. The third-order valence-corrected chi connectivity index (χ3v) is 6.25. The van der Waals surface area contributed by atoms with Crippen LogP contribution in [0.25, 0.3) is 16.9 Å². The minimum atomic E-state index is -0.156. The Morgan fingerprint density at radius 1 is 0.919 bits per heavy atom. The molecular formula is C31H26ClN3O2. The van der Waals surface area contributed by atoms with E-state index in [1.54, 1.807) is 12.1 Å². The van der Waals surface area contributed by atoms with Crippen molar-refractivity contribution in [1.29, 1.82) is 0 Å². The molecule has 0 bridgehead atoms. The van der Waals surface area contributed by atoms with Crippen molar-refractivity contribution in [2.75, 3.05) is 0 Å². The minimum absolute atomic E-state index is 0.156. The standard InChI is InChI=1S/C31H26ClN3O2/c1-22-17-27(32)15-16-29(22)37-21-23-9-8-12-25(18-23)31(36)33-19-26-20-35(28-13-6-3-7-14-28)34-30(26)24-10-4-2-5-11-24/h2-18,20H,19,21H2,1H3,(H,33,36). The number of rotatable bonds is 8. The monoisotopic (exact) mass is 507 g/mol. The molecule has 0 radical (unpaired) electrons. The summed E-state index contributed by atoms with van der Waals surface area (Å²) in [4.78, 5) is 13.1. The largest absolute Gasteiger partial charge is 0.489 e. The number of carbonyl (C=O) groups excluding carboxylic acids is 1. The summed E-state index contributed by atoms with van der Waals surface area (Å²) in [5.74, 6) is 0.610. The van der Waals surface area contributed by atoms with Crippen molar-refractivity contribution < 1.29 is 9.53 Å². The lowest BCUT2D eigenvalue weighted by molar-refractivity contribution is 0.0951. The number of hydrogen-bond donors (Lipinski definition) is 1.